The molecule has 0 aliphatic carbocycles. The van der Waals surface area contributed by atoms with Gasteiger partial charge in [0, 0.05) is 20.1 Å². The van der Waals surface area contributed by atoms with Crippen LogP contribution < -0.4 is 10.6 Å². The molecule has 0 aliphatic heterocycles. The van der Waals surface area contributed by atoms with E-state index in [1.54, 1.807) is 17.0 Å². The Morgan fingerprint density at radius 2 is 1.96 bits per heavy atom. The van der Waals surface area contributed by atoms with Gasteiger partial charge in [-0.2, -0.15) is 15.1 Å². The van der Waals surface area contributed by atoms with Crippen molar-refractivity contribution >= 4 is 22.8 Å². The zero-order valence-corrected chi connectivity index (χ0v) is 13.4. The topological polar surface area (TPSA) is 67.7 Å². The predicted octanol–water partition coefficient (Wildman–Crippen LogP) is 2.88. The molecule has 2 N–H and O–H groups in total. The first-order valence-electron chi connectivity index (χ1n) is 7.51. The van der Waals surface area contributed by atoms with Crippen LogP contribution >= 0.6 is 0 Å². The molecular formula is C17H20N6. The van der Waals surface area contributed by atoms with Gasteiger partial charge in [-0.05, 0) is 12.5 Å². The van der Waals surface area contributed by atoms with Crippen LogP contribution in [0.3, 0.4) is 0 Å². The molecule has 3 aromatic rings. The maximum Gasteiger partial charge on any atom is 0.226 e. The number of aryl methyl sites for hydroxylation is 2. The molecule has 2 heterocycles. The second kappa shape index (κ2) is 6.48. The Kier molecular flexibility index (Phi) is 4.23. The molecule has 118 valence electrons. The van der Waals surface area contributed by atoms with Gasteiger partial charge in [0.2, 0.25) is 5.95 Å². The van der Waals surface area contributed by atoms with E-state index in [4.69, 9.17) is 0 Å². The smallest absolute Gasteiger partial charge is 0.226 e. The van der Waals surface area contributed by atoms with Gasteiger partial charge in [-0.1, -0.05) is 35.9 Å². The third-order valence-electron chi connectivity index (χ3n) is 3.58. The first-order valence-corrected chi connectivity index (χ1v) is 7.51. The number of nitrogens with zero attached hydrogens (tertiary/aromatic N) is 4. The molecule has 0 radical (unpaired) electrons. The van der Waals surface area contributed by atoms with Crippen LogP contribution in [0.2, 0.25) is 0 Å². The summed E-state index contributed by atoms with van der Waals surface area (Å²) in [6.07, 6.45) is 3.56. The van der Waals surface area contributed by atoms with E-state index in [0.717, 1.165) is 16.9 Å². The third kappa shape index (κ3) is 3.31. The van der Waals surface area contributed by atoms with Crippen LogP contribution in [0.1, 0.15) is 11.1 Å². The lowest BCUT2D eigenvalue weighted by atomic mass is 10.1. The molecule has 0 saturated carbocycles. The molecule has 2 aromatic heterocycles. The van der Waals surface area contributed by atoms with E-state index in [-0.39, 0.29) is 0 Å². The normalized spacial score (nSPS) is 10.7. The fourth-order valence-electron chi connectivity index (χ4n) is 2.29. The molecule has 0 spiro atoms. The number of fused-ring (bicyclic) bond motifs is 1. The van der Waals surface area contributed by atoms with Gasteiger partial charge in [0.05, 0.1) is 11.6 Å². The molecule has 6 heteroatoms. The Morgan fingerprint density at radius 1 is 1.17 bits per heavy atom. The van der Waals surface area contributed by atoms with E-state index in [9.17, 15) is 0 Å². The van der Waals surface area contributed by atoms with Gasteiger partial charge in [-0.25, -0.2) is 0 Å². The van der Waals surface area contributed by atoms with Crippen molar-refractivity contribution in [1.29, 1.82) is 0 Å². The summed E-state index contributed by atoms with van der Waals surface area (Å²) in [7, 11) is 1.87. The number of anilines is 2. The summed E-state index contributed by atoms with van der Waals surface area (Å²) in [5, 5.41) is 11.7. The van der Waals surface area contributed by atoms with Crippen LogP contribution in [0, 0.1) is 6.92 Å². The van der Waals surface area contributed by atoms with Crippen molar-refractivity contribution in [2.45, 2.75) is 13.5 Å². The van der Waals surface area contributed by atoms with Crippen molar-refractivity contribution in [1.82, 2.24) is 19.7 Å². The minimum Gasteiger partial charge on any atom is -0.365 e. The van der Waals surface area contributed by atoms with Crippen molar-refractivity contribution < 1.29 is 0 Å². The molecule has 6 nitrogen and oxygen atoms in total. The number of hydrogen-bond donors (Lipinski definition) is 2. The van der Waals surface area contributed by atoms with Gasteiger partial charge < -0.3 is 10.6 Å². The monoisotopic (exact) mass is 308 g/mol. The van der Waals surface area contributed by atoms with Gasteiger partial charge in [-0.15, -0.1) is 6.58 Å². The lowest BCUT2D eigenvalue weighted by Crippen LogP contribution is -2.08. The molecular weight excluding hydrogens is 288 g/mol. The highest BCUT2D eigenvalue weighted by Crippen LogP contribution is 2.22. The summed E-state index contributed by atoms with van der Waals surface area (Å²) in [6, 6.07) is 8.43. The van der Waals surface area contributed by atoms with Crippen LogP contribution in [0.4, 0.5) is 11.8 Å². The number of benzene rings is 1. The summed E-state index contributed by atoms with van der Waals surface area (Å²) < 4.78 is 1.74. The average Bonchev–Trinajstić information content (AvgIpc) is 2.93. The van der Waals surface area contributed by atoms with Crippen molar-refractivity contribution in [3.63, 3.8) is 0 Å². The van der Waals surface area contributed by atoms with E-state index in [0.29, 0.717) is 19.0 Å². The maximum atomic E-state index is 4.55. The molecule has 0 amide bonds. The molecule has 0 bridgehead atoms. The van der Waals surface area contributed by atoms with Crippen LogP contribution in [0.5, 0.6) is 0 Å². The molecule has 0 saturated heterocycles. The highest BCUT2D eigenvalue weighted by atomic mass is 15.3. The Hall–Kier alpha value is -2.89. The van der Waals surface area contributed by atoms with E-state index >= 15 is 0 Å². The fourth-order valence-corrected chi connectivity index (χ4v) is 2.29. The quantitative estimate of drug-likeness (QED) is 0.685. The lowest BCUT2D eigenvalue weighted by molar-refractivity contribution is 0.785. The first kappa shape index (κ1) is 15.0. The minimum atomic E-state index is 0.562. The van der Waals surface area contributed by atoms with E-state index in [1.807, 2.05) is 7.05 Å². The highest BCUT2D eigenvalue weighted by molar-refractivity contribution is 5.87. The van der Waals surface area contributed by atoms with Crippen LogP contribution in [0.15, 0.2) is 43.1 Å². The molecule has 0 atom stereocenters. The van der Waals surface area contributed by atoms with Crippen molar-refractivity contribution in [3.05, 3.63) is 54.2 Å². The molecule has 3 rings (SSSR count). The van der Waals surface area contributed by atoms with E-state index < -0.39 is 0 Å². The predicted molar refractivity (Wildman–Crippen MR) is 93.5 cm³/mol. The van der Waals surface area contributed by atoms with Gasteiger partial charge in [0.1, 0.15) is 5.82 Å². The highest BCUT2D eigenvalue weighted by Gasteiger charge is 2.11. The van der Waals surface area contributed by atoms with Crippen LogP contribution in [0.25, 0.3) is 11.0 Å². The summed E-state index contributed by atoms with van der Waals surface area (Å²) in [4.78, 5) is 9.04. The largest absolute Gasteiger partial charge is 0.365 e. The zero-order valence-electron chi connectivity index (χ0n) is 13.4. The molecule has 23 heavy (non-hydrogen) atoms. The maximum absolute atomic E-state index is 4.55. The van der Waals surface area contributed by atoms with Crippen LogP contribution in [-0.2, 0) is 13.6 Å². The van der Waals surface area contributed by atoms with Gasteiger partial charge >= 0.3 is 0 Å². The van der Waals surface area contributed by atoms with Gasteiger partial charge in [0.15, 0.2) is 5.65 Å². The number of rotatable bonds is 6. The lowest BCUT2D eigenvalue weighted by Gasteiger charge is -2.10. The Balaban J connectivity index is 1.88. The van der Waals surface area contributed by atoms with E-state index in [1.165, 1.54) is 11.1 Å². The van der Waals surface area contributed by atoms with Crippen molar-refractivity contribution in [3.8, 4) is 0 Å². The van der Waals surface area contributed by atoms with E-state index in [2.05, 4.69) is 63.5 Å². The Bertz CT molecular complexity index is 819. The second-order valence-electron chi connectivity index (χ2n) is 5.41. The summed E-state index contributed by atoms with van der Waals surface area (Å²) in [6.45, 7) is 7.09. The standard InChI is InChI=1S/C17H20N6/c1-4-9-18-17-21-15(14-11-20-23(3)16(14)22-17)19-10-13-7-5-12(2)6-8-13/h4-8,11H,1,9-10H2,2-3H3,(H2,18,19,21,22). The fraction of sp³-hybridized carbons (Fsp3) is 0.235. The molecule has 1 aromatic carbocycles. The molecule has 0 fully saturated rings. The van der Waals surface area contributed by atoms with Gasteiger partial charge in [0.25, 0.3) is 0 Å². The Morgan fingerprint density at radius 3 is 2.70 bits per heavy atom. The Labute approximate surface area is 135 Å². The zero-order chi connectivity index (χ0) is 16.2. The molecule has 0 aliphatic rings. The number of nitrogens with one attached hydrogen (secondary N) is 2. The first-order chi connectivity index (χ1) is 11.2. The number of hydrogen-bond acceptors (Lipinski definition) is 5. The SMILES string of the molecule is C=CCNc1nc(NCc2ccc(C)cc2)c2cnn(C)c2n1. The van der Waals surface area contributed by atoms with Crippen molar-refractivity contribution in [2.75, 3.05) is 17.2 Å². The summed E-state index contributed by atoms with van der Waals surface area (Å²) in [5.74, 6) is 1.34. The third-order valence-corrected chi connectivity index (χ3v) is 3.58. The second-order valence-corrected chi connectivity index (χ2v) is 5.41. The summed E-state index contributed by atoms with van der Waals surface area (Å²) >= 11 is 0. The van der Waals surface area contributed by atoms with Crippen molar-refractivity contribution in [2.24, 2.45) is 7.05 Å². The van der Waals surface area contributed by atoms with Gasteiger partial charge in [-0.3, -0.25) is 4.68 Å². The minimum absolute atomic E-state index is 0.562. The van der Waals surface area contributed by atoms with Crippen LogP contribution in [-0.4, -0.2) is 26.3 Å². The summed E-state index contributed by atoms with van der Waals surface area (Å²) in [5.41, 5.74) is 3.24. The average molecular weight is 308 g/mol. The molecule has 0 unspecified atom stereocenters. The number of aromatic nitrogens is 4.